The second-order valence-electron chi connectivity index (χ2n) is 9.89. The quantitative estimate of drug-likeness (QED) is 0.324. The first-order valence-electron chi connectivity index (χ1n) is 11.7. The van der Waals surface area contributed by atoms with Gasteiger partial charge in [0.1, 0.15) is 10.6 Å². The predicted molar refractivity (Wildman–Crippen MR) is 138 cm³/mol. The van der Waals surface area contributed by atoms with Crippen LogP contribution in [0.15, 0.2) is 41.6 Å². The third kappa shape index (κ3) is 4.85. The maximum Gasteiger partial charge on any atom is 0.443 e. The summed E-state index contributed by atoms with van der Waals surface area (Å²) in [5, 5.41) is 9.44. The Kier molecular flexibility index (Phi) is 6.44. The first-order chi connectivity index (χ1) is 17.8. The molecule has 4 heterocycles. The Morgan fingerprint density at radius 2 is 1.82 bits per heavy atom. The SMILES string of the molecule is Cc1cnc(-c2ccnc(C(C)(C)O)n2)cc1-n1c(C)cc([C@H]2C[C@@H]2c2cnc(C(F)(F)F)s2)c(Cl)c1=O. The fraction of sp³-hybridized carbons (Fsp3) is 0.346. The number of rotatable bonds is 5. The molecule has 38 heavy (non-hydrogen) atoms. The number of aliphatic hydroxyl groups is 1. The molecule has 12 heteroatoms. The Morgan fingerprint density at radius 3 is 2.47 bits per heavy atom. The van der Waals surface area contributed by atoms with Gasteiger partial charge in [0.2, 0.25) is 0 Å². The summed E-state index contributed by atoms with van der Waals surface area (Å²) in [7, 11) is 0. The molecule has 1 aliphatic carbocycles. The van der Waals surface area contributed by atoms with E-state index in [1.807, 2.05) is 13.0 Å². The normalized spacial score (nSPS) is 17.6. The first kappa shape index (κ1) is 26.5. The van der Waals surface area contributed by atoms with Gasteiger partial charge >= 0.3 is 6.18 Å². The molecule has 0 saturated heterocycles. The van der Waals surface area contributed by atoms with Crippen LogP contribution in [0.25, 0.3) is 17.1 Å². The van der Waals surface area contributed by atoms with E-state index in [1.54, 1.807) is 39.1 Å². The summed E-state index contributed by atoms with van der Waals surface area (Å²) in [5.74, 6) is -0.0739. The minimum Gasteiger partial charge on any atom is -0.382 e. The van der Waals surface area contributed by atoms with Crippen LogP contribution in [0, 0.1) is 13.8 Å². The fourth-order valence-corrected chi connectivity index (χ4v) is 5.68. The van der Waals surface area contributed by atoms with Crippen LogP contribution in [0.5, 0.6) is 0 Å². The van der Waals surface area contributed by atoms with Crippen molar-refractivity contribution in [1.29, 1.82) is 0 Å². The molecule has 198 valence electrons. The average molecular weight is 562 g/mol. The van der Waals surface area contributed by atoms with Gasteiger partial charge in [0.05, 0.1) is 17.1 Å². The molecule has 4 aromatic rings. The van der Waals surface area contributed by atoms with E-state index >= 15 is 0 Å². The Bertz CT molecular complexity index is 1610. The van der Waals surface area contributed by atoms with Crippen LogP contribution < -0.4 is 5.56 Å². The molecule has 0 bridgehead atoms. The van der Waals surface area contributed by atoms with Crippen molar-refractivity contribution in [3.8, 4) is 17.1 Å². The van der Waals surface area contributed by atoms with Gasteiger partial charge < -0.3 is 5.11 Å². The van der Waals surface area contributed by atoms with Crippen LogP contribution in [0.3, 0.4) is 0 Å². The van der Waals surface area contributed by atoms with E-state index in [1.165, 1.54) is 17.0 Å². The molecule has 2 atom stereocenters. The van der Waals surface area contributed by atoms with E-state index in [9.17, 15) is 23.1 Å². The molecular weight excluding hydrogens is 539 g/mol. The van der Waals surface area contributed by atoms with Gasteiger partial charge in [-0.2, -0.15) is 13.2 Å². The first-order valence-corrected chi connectivity index (χ1v) is 12.9. The Balaban J connectivity index is 1.51. The largest absolute Gasteiger partial charge is 0.443 e. The van der Waals surface area contributed by atoms with Gasteiger partial charge in [-0.3, -0.25) is 14.3 Å². The summed E-state index contributed by atoms with van der Waals surface area (Å²) in [6.45, 7) is 6.77. The number of hydrogen-bond donors (Lipinski definition) is 1. The van der Waals surface area contributed by atoms with Gasteiger partial charge in [0.15, 0.2) is 10.8 Å². The predicted octanol–water partition coefficient (Wildman–Crippen LogP) is 5.93. The summed E-state index contributed by atoms with van der Waals surface area (Å²) in [6.07, 6.45) is 0.539. The van der Waals surface area contributed by atoms with Gasteiger partial charge in [0.25, 0.3) is 5.56 Å². The van der Waals surface area contributed by atoms with Crippen molar-refractivity contribution >= 4 is 22.9 Å². The molecule has 0 aliphatic heterocycles. The molecule has 4 aromatic heterocycles. The summed E-state index contributed by atoms with van der Waals surface area (Å²) in [5.41, 5.74) is 1.85. The number of aryl methyl sites for hydroxylation is 2. The lowest BCUT2D eigenvalue weighted by Crippen LogP contribution is -2.23. The maximum atomic E-state index is 13.5. The lowest BCUT2D eigenvalue weighted by molar-refractivity contribution is -0.137. The number of halogens is 4. The fourth-order valence-electron chi connectivity index (χ4n) is 4.44. The maximum absolute atomic E-state index is 13.5. The lowest BCUT2D eigenvalue weighted by Gasteiger charge is -2.17. The summed E-state index contributed by atoms with van der Waals surface area (Å²) in [6, 6.07) is 5.21. The molecule has 0 radical (unpaired) electrons. The third-order valence-electron chi connectivity index (χ3n) is 6.46. The van der Waals surface area contributed by atoms with Crippen LogP contribution in [-0.2, 0) is 11.8 Å². The molecule has 1 N–H and O–H groups in total. The molecule has 7 nitrogen and oxygen atoms in total. The van der Waals surface area contributed by atoms with Crippen LogP contribution in [0.4, 0.5) is 13.2 Å². The second-order valence-corrected chi connectivity index (χ2v) is 11.3. The monoisotopic (exact) mass is 561 g/mol. The zero-order valence-corrected chi connectivity index (χ0v) is 22.4. The van der Waals surface area contributed by atoms with Crippen LogP contribution in [0.1, 0.15) is 64.6 Å². The highest BCUT2D eigenvalue weighted by Crippen LogP contribution is 2.57. The van der Waals surface area contributed by atoms with Crippen molar-refractivity contribution < 1.29 is 18.3 Å². The van der Waals surface area contributed by atoms with Crippen molar-refractivity contribution in [1.82, 2.24) is 24.5 Å². The van der Waals surface area contributed by atoms with Gasteiger partial charge in [-0.15, -0.1) is 11.3 Å². The number of thiazole rings is 1. The highest BCUT2D eigenvalue weighted by molar-refractivity contribution is 7.11. The number of alkyl halides is 3. The molecule has 0 unspecified atom stereocenters. The minimum atomic E-state index is -4.48. The Morgan fingerprint density at radius 1 is 1.08 bits per heavy atom. The number of pyridine rings is 2. The van der Waals surface area contributed by atoms with Gasteiger partial charge in [-0.1, -0.05) is 11.6 Å². The standard InChI is InChI=1S/C26H23ClF3N5O2S/c1-12-10-32-18(17-5-6-31-23(34-17)25(3,4)37)9-19(12)35-13(2)7-16(21(27)22(35)36)14-8-15(14)20-11-33-24(38-20)26(28,29)30/h5-7,9-11,14-15,37H,8H2,1-4H3/t14-,15-/m0/s1. The second kappa shape index (κ2) is 9.25. The topological polar surface area (TPSA) is 93.8 Å². The molecule has 0 aromatic carbocycles. The molecule has 5 rings (SSSR count). The summed E-state index contributed by atoms with van der Waals surface area (Å²) < 4.78 is 40.4. The molecule has 1 aliphatic rings. The summed E-state index contributed by atoms with van der Waals surface area (Å²) in [4.78, 5) is 30.6. The van der Waals surface area contributed by atoms with Crippen LogP contribution >= 0.6 is 22.9 Å². The zero-order valence-electron chi connectivity index (χ0n) is 20.8. The third-order valence-corrected chi connectivity index (χ3v) is 8.02. The zero-order chi connectivity index (χ0) is 27.6. The van der Waals surface area contributed by atoms with E-state index in [0.29, 0.717) is 51.0 Å². The van der Waals surface area contributed by atoms with E-state index in [0.717, 1.165) is 5.56 Å². The number of nitrogens with zero attached hydrogens (tertiary/aromatic N) is 5. The van der Waals surface area contributed by atoms with Crippen molar-refractivity contribution in [3.63, 3.8) is 0 Å². The summed E-state index contributed by atoms with van der Waals surface area (Å²) >= 11 is 7.21. The van der Waals surface area contributed by atoms with Gasteiger partial charge in [-0.25, -0.2) is 15.0 Å². The minimum absolute atomic E-state index is 0.0350. The van der Waals surface area contributed by atoms with Crippen molar-refractivity contribution in [3.05, 3.63) is 84.7 Å². The average Bonchev–Trinajstić information content (AvgIpc) is 3.46. The van der Waals surface area contributed by atoms with Crippen molar-refractivity contribution in [2.45, 2.75) is 57.7 Å². The Labute approximate surface area is 225 Å². The van der Waals surface area contributed by atoms with E-state index in [-0.39, 0.29) is 22.7 Å². The smallest absolute Gasteiger partial charge is 0.382 e. The molecule has 0 amide bonds. The van der Waals surface area contributed by atoms with Gasteiger partial charge in [-0.05, 0) is 69.4 Å². The highest BCUT2D eigenvalue weighted by Gasteiger charge is 2.44. The van der Waals surface area contributed by atoms with Crippen LogP contribution in [-0.4, -0.2) is 29.6 Å². The lowest BCUT2D eigenvalue weighted by atomic mass is 10.1. The van der Waals surface area contributed by atoms with Crippen LogP contribution in [0.2, 0.25) is 5.02 Å². The van der Waals surface area contributed by atoms with E-state index in [4.69, 9.17) is 11.6 Å². The number of aromatic nitrogens is 5. The molecule has 0 spiro atoms. The van der Waals surface area contributed by atoms with E-state index < -0.39 is 22.3 Å². The van der Waals surface area contributed by atoms with Gasteiger partial charge in [0, 0.05) is 35.1 Å². The highest BCUT2D eigenvalue weighted by atomic mass is 35.5. The Hall–Kier alpha value is -3.15. The number of hydrogen-bond acceptors (Lipinski definition) is 7. The van der Waals surface area contributed by atoms with Crippen molar-refractivity contribution in [2.24, 2.45) is 0 Å². The molecule has 1 saturated carbocycles. The molecule has 1 fully saturated rings. The van der Waals surface area contributed by atoms with Crippen molar-refractivity contribution in [2.75, 3.05) is 0 Å². The van der Waals surface area contributed by atoms with E-state index in [2.05, 4.69) is 19.9 Å². The molecular formula is C26H23ClF3N5O2S.